The van der Waals surface area contributed by atoms with Crippen molar-refractivity contribution < 1.29 is 9.59 Å². The molecule has 1 aliphatic heterocycles. The first-order chi connectivity index (χ1) is 12.8. The van der Waals surface area contributed by atoms with Crippen molar-refractivity contribution in [3.63, 3.8) is 0 Å². The van der Waals surface area contributed by atoms with Crippen LogP contribution in [0, 0.1) is 0 Å². The maximum atomic E-state index is 12.9. The zero-order chi connectivity index (χ0) is 19.3. The van der Waals surface area contributed by atoms with E-state index in [1.807, 2.05) is 18.2 Å². The Bertz CT molecular complexity index is 1050. The summed E-state index contributed by atoms with van der Waals surface area (Å²) in [4.78, 5) is 27.0. The standard InChI is InChI=1S/C20H17ClN4O2/c1-20(2,25-17(26)12-8-4-5-9-13(12)18(25)27)19-23-22-16(24(19)3)14-10-6-7-11-15(14)21/h4-11H,1-3H3. The molecule has 0 unspecified atom stereocenters. The predicted octanol–water partition coefficient (Wildman–Crippen LogP) is 3.67. The van der Waals surface area contributed by atoms with Gasteiger partial charge in [0.25, 0.3) is 11.8 Å². The molecular weight excluding hydrogens is 364 g/mol. The minimum Gasteiger partial charge on any atom is -0.312 e. The van der Waals surface area contributed by atoms with E-state index in [2.05, 4.69) is 10.2 Å². The molecule has 2 aromatic carbocycles. The molecule has 6 nitrogen and oxygen atoms in total. The molecule has 0 fully saturated rings. The number of amides is 2. The van der Waals surface area contributed by atoms with E-state index in [0.29, 0.717) is 27.8 Å². The highest BCUT2D eigenvalue weighted by Crippen LogP contribution is 2.36. The highest BCUT2D eigenvalue weighted by molar-refractivity contribution is 6.33. The summed E-state index contributed by atoms with van der Waals surface area (Å²) in [6.07, 6.45) is 0. The average molecular weight is 381 g/mol. The van der Waals surface area contributed by atoms with E-state index in [-0.39, 0.29) is 11.8 Å². The average Bonchev–Trinajstić information content (AvgIpc) is 3.15. The third-order valence-electron chi connectivity index (χ3n) is 4.89. The fourth-order valence-electron chi connectivity index (χ4n) is 3.54. The first kappa shape index (κ1) is 17.4. The Labute approximate surface area is 161 Å². The lowest BCUT2D eigenvalue weighted by atomic mass is 10.0. The molecule has 2 amide bonds. The van der Waals surface area contributed by atoms with Crippen molar-refractivity contribution in [3.8, 4) is 11.4 Å². The second-order valence-electron chi connectivity index (χ2n) is 6.94. The highest BCUT2D eigenvalue weighted by atomic mass is 35.5. The van der Waals surface area contributed by atoms with Crippen LogP contribution in [0.4, 0.5) is 0 Å². The number of hydrogen-bond acceptors (Lipinski definition) is 4. The molecule has 0 atom stereocenters. The fourth-order valence-corrected chi connectivity index (χ4v) is 3.76. The van der Waals surface area contributed by atoms with Gasteiger partial charge in [0, 0.05) is 12.6 Å². The maximum absolute atomic E-state index is 12.9. The summed E-state index contributed by atoms with van der Waals surface area (Å²) < 4.78 is 1.77. The quantitative estimate of drug-likeness (QED) is 0.650. The molecule has 2 heterocycles. The van der Waals surface area contributed by atoms with E-state index in [9.17, 15) is 9.59 Å². The van der Waals surface area contributed by atoms with Crippen molar-refractivity contribution in [3.05, 3.63) is 70.5 Å². The fraction of sp³-hybridized carbons (Fsp3) is 0.200. The van der Waals surface area contributed by atoms with Crippen LogP contribution in [0.1, 0.15) is 40.4 Å². The minimum absolute atomic E-state index is 0.331. The Balaban J connectivity index is 1.80. The van der Waals surface area contributed by atoms with Gasteiger partial charge in [-0.05, 0) is 38.1 Å². The molecule has 1 aromatic heterocycles. The zero-order valence-electron chi connectivity index (χ0n) is 15.1. The van der Waals surface area contributed by atoms with Crippen LogP contribution in [0.2, 0.25) is 5.02 Å². The van der Waals surface area contributed by atoms with Crippen LogP contribution in [0.25, 0.3) is 11.4 Å². The number of halogens is 1. The maximum Gasteiger partial charge on any atom is 0.262 e. The number of rotatable bonds is 3. The van der Waals surface area contributed by atoms with Crippen LogP contribution in [-0.4, -0.2) is 31.5 Å². The van der Waals surface area contributed by atoms with Crippen molar-refractivity contribution in [1.29, 1.82) is 0 Å². The lowest BCUT2D eigenvalue weighted by molar-refractivity contribution is 0.0456. The molecule has 1 aliphatic rings. The Morgan fingerprint density at radius 3 is 1.93 bits per heavy atom. The third kappa shape index (κ3) is 2.48. The second-order valence-corrected chi connectivity index (χ2v) is 7.34. The third-order valence-corrected chi connectivity index (χ3v) is 5.22. The molecule has 0 saturated heterocycles. The highest BCUT2D eigenvalue weighted by Gasteiger charge is 2.47. The molecule has 7 heteroatoms. The first-order valence-corrected chi connectivity index (χ1v) is 8.84. The molecule has 0 saturated carbocycles. The number of hydrogen-bond donors (Lipinski definition) is 0. The van der Waals surface area contributed by atoms with E-state index < -0.39 is 5.54 Å². The van der Waals surface area contributed by atoms with Crippen molar-refractivity contribution in [1.82, 2.24) is 19.7 Å². The summed E-state index contributed by atoms with van der Waals surface area (Å²) in [5.41, 5.74) is 0.556. The van der Waals surface area contributed by atoms with Crippen molar-refractivity contribution in [2.45, 2.75) is 19.4 Å². The Kier molecular flexibility index (Phi) is 3.89. The molecule has 136 valence electrons. The summed E-state index contributed by atoms with van der Waals surface area (Å²) >= 11 is 6.29. The van der Waals surface area contributed by atoms with E-state index in [1.54, 1.807) is 55.8 Å². The summed E-state index contributed by atoms with van der Waals surface area (Å²) in [7, 11) is 1.80. The Morgan fingerprint density at radius 1 is 0.852 bits per heavy atom. The summed E-state index contributed by atoms with van der Waals surface area (Å²) in [6.45, 7) is 3.57. The smallest absolute Gasteiger partial charge is 0.262 e. The van der Waals surface area contributed by atoms with E-state index in [4.69, 9.17) is 11.6 Å². The number of fused-ring (bicyclic) bond motifs is 1. The molecular formula is C20H17ClN4O2. The number of nitrogens with zero attached hydrogens (tertiary/aromatic N) is 4. The van der Waals surface area contributed by atoms with Crippen LogP contribution < -0.4 is 0 Å². The molecule has 0 bridgehead atoms. The molecule has 0 spiro atoms. The molecule has 0 N–H and O–H groups in total. The lowest BCUT2D eigenvalue weighted by Crippen LogP contribution is -2.46. The largest absolute Gasteiger partial charge is 0.312 e. The zero-order valence-corrected chi connectivity index (χ0v) is 15.9. The van der Waals surface area contributed by atoms with Gasteiger partial charge in [-0.15, -0.1) is 10.2 Å². The lowest BCUT2D eigenvalue weighted by Gasteiger charge is -2.32. The van der Waals surface area contributed by atoms with Gasteiger partial charge < -0.3 is 4.57 Å². The summed E-state index contributed by atoms with van der Waals surface area (Å²) in [5, 5.41) is 9.11. The predicted molar refractivity (Wildman–Crippen MR) is 101 cm³/mol. The van der Waals surface area contributed by atoms with Crippen LogP contribution in [0.5, 0.6) is 0 Å². The monoisotopic (exact) mass is 380 g/mol. The number of carbonyl (C=O) groups excluding carboxylic acids is 2. The van der Waals surface area contributed by atoms with E-state index >= 15 is 0 Å². The van der Waals surface area contributed by atoms with Crippen molar-refractivity contribution in [2.75, 3.05) is 0 Å². The van der Waals surface area contributed by atoms with Gasteiger partial charge in [-0.3, -0.25) is 14.5 Å². The van der Waals surface area contributed by atoms with Gasteiger partial charge in [-0.1, -0.05) is 35.9 Å². The van der Waals surface area contributed by atoms with Gasteiger partial charge in [0.05, 0.1) is 16.1 Å². The molecule has 27 heavy (non-hydrogen) atoms. The summed E-state index contributed by atoms with van der Waals surface area (Å²) in [5.74, 6) is 0.401. The van der Waals surface area contributed by atoms with Gasteiger partial charge in [-0.25, -0.2) is 0 Å². The van der Waals surface area contributed by atoms with Crippen LogP contribution >= 0.6 is 11.6 Å². The number of carbonyl (C=O) groups is 2. The number of aromatic nitrogens is 3. The molecule has 0 aliphatic carbocycles. The van der Waals surface area contributed by atoms with E-state index in [0.717, 1.165) is 5.56 Å². The second kappa shape index (κ2) is 6.03. The van der Waals surface area contributed by atoms with E-state index in [1.165, 1.54) is 4.90 Å². The van der Waals surface area contributed by atoms with Gasteiger partial charge in [0.2, 0.25) is 0 Å². The molecule has 0 radical (unpaired) electrons. The molecule has 3 aromatic rings. The van der Waals surface area contributed by atoms with Gasteiger partial charge >= 0.3 is 0 Å². The first-order valence-electron chi connectivity index (χ1n) is 8.46. The topological polar surface area (TPSA) is 68.1 Å². The van der Waals surface area contributed by atoms with Crippen LogP contribution in [0.15, 0.2) is 48.5 Å². The van der Waals surface area contributed by atoms with Gasteiger partial charge in [0.15, 0.2) is 11.6 Å². The van der Waals surface area contributed by atoms with Crippen molar-refractivity contribution >= 4 is 23.4 Å². The normalized spacial score (nSPS) is 14.0. The SMILES string of the molecule is Cn1c(-c2ccccc2Cl)nnc1C(C)(C)N1C(=O)c2ccccc2C1=O. The Morgan fingerprint density at radius 2 is 1.37 bits per heavy atom. The van der Waals surface area contributed by atoms with Gasteiger partial charge in [0.1, 0.15) is 5.54 Å². The van der Waals surface area contributed by atoms with Crippen LogP contribution in [0.3, 0.4) is 0 Å². The van der Waals surface area contributed by atoms with Crippen molar-refractivity contribution in [2.24, 2.45) is 7.05 Å². The van der Waals surface area contributed by atoms with Gasteiger partial charge in [-0.2, -0.15) is 0 Å². The number of imide groups is 1. The summed E-state index contributed by atoms with van der Waals surface area (Å²) in [6, 6.07) is 14.2. The minimum atomic E-state index is -0.992. The Hall–Kier alpha value is -2.99. The molecule has 4 rings (SSSR count). The van der Waals surface area contributed by atoms with Crippen LogP contribution in [-0.2, 0) is 12.6 Å². The number of benzene rings is 2.